The van der Waals surface area contributed by atoms with E-state index in [4.69, 9.17) is 5.73 Å². The molecular formula is C15H17N3O2S. The summed E-state index contributed by atoms with van der Waals surface area (Å²) in [5.74, 6) is 0. The molecular weight excluding hydrogens is 286 g/mol. The molecule has 3 N–H and O–H groups in total. The predicted molar refractivity (Wildman–Crippen MR) is 84.6 cm³/mol. The minimum Gasteiger partial charge on any atom is -0.399 e. The van der Waals surface area contributed by atoms with E-state index in [1.807, 2.05) is 13.0 Å². The number of nitrogens with zero attached hydrogens (tertiary/aromatic N) is 1. The van der Waals surface area contributed by atoms with Crippen LogP contribution >= 0.6 is 0 Å². The first-order valence-corrected chi connectivity index (χ1v) is 7.85. The van der Waals surface area contributed by atoms with Crippen molar-refractivity contribution in [2.24, 2.45) is 5.10 Å². The quantitative estimate of drug-likeness (QED) is 0.516. The SMILES string of the molecule is CC(=NNS(=O)(=O)c1ccc(C)cc1)c1cccc(N)c1. The van der Waals surface area contributed by atoms with Crippen LogP contribution in [0, 0.1) is 6.92 Å². The summed E-state index contributed by atoms with van der Waals surface area (Å²) in [6.45, 7) is 3.61. The molecule has 0 spiro atoms. The standard InChI is InChI=1S/C15H17N3O2S/c1-11-6-8-15(9-7-11)21(19,20)18-17-12(2)13-4-3-5-14(16)10-13/h3-10,18H,16H2,1-2H3. The van der Waals surface area contributed by atoms with Gasteiger partial charge in [0.1, 0.15) is 0 Å². The highest BCUT2D eigenvalue weighted by Gasteiger charge is 2.12. The summed E-state index contributed by atoms with van der Waals surface area (Å²) in [5.41, 5.74) is 8.59. The van der Waals surface area contributed by atoms with Gasteiger partial charge < -0.3 is 5.73 Å². The fourth-order valence-electron chi connectivity index (χ4n) is 1.73. The lowest BCUT2D eigenvalue weighted by atomic mass is 10.1. The van der Waals surface area contributed by atoms with Crippen LogP contribution in [0.5, 0.6) is 0 Å². The molecule has 6 heteroatoms. The molecule has 0 saturated carbocycles. The molecule has 0 heterocycles. The van der Waals surface area contributed by atoms with Crippen LogP contribution in [0.15, 0.2) is 58.5 Å². The van der Waals surface area contributed by atoms with E-state index in [0.717, 1.165) is 11.1 Å². The van der Waals surface area contributed by atoms with Crippen molar-refractivity contribution in [3.05, 3.63) is 59.7 Å². The van der Waals surface area contributed by atoms with Crippen LogP contribution in [0.1, 0.15) is 18.1 Å². The Morgan fingerprint density at radius 3 is 2.43 bits per heavy atom. The van der Waals surface area contributed by atoms with E-state index in [0.29, 0.717) is 11.4 Å². The lowest BCUT2D eigenvalue weighted by molar-refractivity contribution is 0.584. The van der Waals surface area contributed by atoms with Crippen molar-refractivity contribution >= 4 is 21.4 Å². The van der Waals surface area contributed by atoms with Crippen LogP contribution < -0.4 is 10.6 Å². The summed E-state index contributed by atoms with van der Waals surface area (Å²) >= 11 is 0. The molecule has 0 aliphatic rings. The summed E-state index contributed by atoms with van der Waals surface area (Å²) in [6.07, 6.45) is 0. The first kappa shape index (κ1) is 15.1. The molecule has 2 aromatic rings. The molecule has 110 valence electrons. The van der Waals surface area contributed by atoms with Crippen LogP contribution in [0.25, 0.3) is 0 Å². The Labute approximate surface area is 124 Å². The van der Waals surface area contributed by atoms with E-state index in [9.17, 15) is 8.42 Å². The summed E-state index contributed by atoms with van der Waals surface area (Å²) < 4.78 is 24.2. The zero-order valence-corrected chi connectivity index (χ0v) is 12.7. The first-order chi connectivity index (χ1) is 9.88. The molecule has 0 atom stereocenters. The lowest BCUT2D eigenvalue weighted by Crippen LogP contribution is -2.20. The van der Waals surface area contributed by atoms with Crippen LogP contribution in [-0.2, 0) is 10.0 Å². The van der Waals surface area contributed by atoms with E-state index in [1.165, 1.54) is 0 Å². The molecule has 0 radical (unpaired) electrons. The van der Waals surface area contributed by atoms with Gasteiger partial charge in [-0.1, -0.05) is 29.8 Å². The summed E-state index contributed by atoms with van der Waals surface area (Å²) in [4.78, 5) is 2.41. The largest absolute Gasteiger partial charge is 0.399 e. The molecule has 0 fully saturated rings. The number of hydrogen-bond acceptors (Lipinski definition) is 4. The Bertz CT molecular complexity index is 766. The summed E-state index contributed by atoms with van der Waals surface area (Å²) in [5, 5.41) is 3.93. The van der Waals surface area contributed by atoms with Crippen LogP contribution in [0.3, 0.4) is 0 Å². The minimum absolute atomic E-state index is 0.178. The number of hydrazone groups is 1. The molecule has 0 aromatic heterocycles. The average Bonchev–Trinajstić information content (AvgIpc) is 2.45. The monoisotopic (exact) mass is 303 g/mol. The van der Waals surface area contributed by atoms with Crippen LogP contribution in [0.2, 0.25) is 0 Å². The molecule has 2 aromatic carbocycles. The van der Waals surface area contributed by atoms with Crippen LogP contribution in [-0.4, -0.2) is 14.1 Å². The average molecular weight is 303 g/mol. The fourth-order valence-corrected chi connectivity index (χ4v) is 2.58. The van der Waals surface area contributed by atoms with Gasteiger partial charge in [0.25, 0.3) is 10.0 Å². The van der Waals surface area contributed by atoms with Gasteiger partial charge in [-0.3, -0.25) is 0 Å². The molecule has 0 amide bonds. The first-order valence-electron chi connectivity index (χ1n) is 6.37. The van der Waals surface area contributed by atoms with Gasteiger partial charge in [-0.15, -0.1) is 0 Å². The summed E-state index contributed by atoms with van der Waals surface area (Å²) in [7, 11) is -3.66. The third-order valence-electron chi connectivity index (χ3n) is 2.97. The molecule has 2 rings (SSSR count). The molecule has 0 aliphatic carbocycles. The van der Waals surface area contributed by atoms with Gasteiger partial charge in [0, 0.05) is 5.69 Å². The second-order valence-electron chi connectivity index (χ2n) is 4.73. The zero-order chi connectivity index (χ0) is 15.5. The maximum absolute atomic E-state index is 12.1. The molecule has 5 nitrogen and oxygen atoms in total. The highest BCUT2D eigenvalue weighted by molar-refractivity contribution is 7.89. The van der Waals surface area contributed by atoms with Crippen molar-refractivity contribution in [1.29, 1.82) is 0 Å². The van der Waals surface area contributed by atoms with Gasteiger partial charge in [-0.25, -0.2) is 0 Å². The third-order valence-corrected chi connectivity index (χ3v) is 4.19. The number of nitrogens with two attached hydrogens (primary N) is 1. The zero-order valence-electron chi connectivity index (χ0n) is 11.9. The van der Waals surface area contributed by atoms with Gasteiger partial charge in [-0.2, -0.15) is 18.4 Å². The number of nitrogen functional groups attached to an aromatic ring is 1. The lowest BCUT2D eigenvalue weighted by Gasteiger charge is -2.06. The van der Waals surface area contributed by atoms with E-state index in [-0.39, 0.29) is 4.90 Å². The number of sulfonamides is 1. The van der Waals surface area contributed by atoms with Gasteiger partial charge in [-0.05, 0) is 43.7 Å². The molecule has 21 heavy (non-hydrogen) atoms. The number of hydrogen-bond donors (Lipinski definition) is 2. The fraction of sp³-hybridized carbons (Fsp3) is 0.133. The normalized spacial score (nSPS) is 12.2. The second kappa shape index (κ2) is 5.97. The Kier molecular flexibility index (Phi) is 4.28. The number of benzene rings is 2. The second-order valence-corrected chi connectivity index (χ2v) is 6.39. The highest BCUT2D eigenvalue weighted by atomic mass is 32.2. The number of nitrogens with one attached hydrogen (secondary N) is 1. The minimum atomic E-state index is -3.66. The Morgan fingerprint density at radius 2 is 1.81 bits per heavy atom. The van der Waals surface area contributed by atoms with Crippen molar-refractivity contribution in [3.63, 3.8) is 0 Å². The topological polar surface area (TPSA) is 84.5 Å². The van der Waals surface area contributed by atoms with E-state index in [1.54, 1.807) is 49.4 Å². The third kappa shape index (κ3) is 3.82. The van der Waals surface area contributed by atoms with Crippen molar-refractivity contribution in [2.75, 3.05) is 5.73 Å². The van der Waals surface area contributed by atoms with Crippen molar-refractivity contribution < 1.29 is 8.42 Å². The Balaban J connectivity index is 2.21. The van der Waals surface area contributed by atoms with Crippen molar-refractivity contribution in [1.82, 2.24) is 4.83 Å². The van der Waals surface area contributed by atoms with Crippen molar-refractivity contribution in [2.45, 2.75) is 18.7 Å². The number of aryl methyl sites for hydroxylation is 1. The molecule has 0 saturated heterocycles. The number of rotatable bonds is 4. The Morgan fingerprint density at radius 1 is 1.14 bits per heavy atom. The summed E-state index contributed by atoms with van der Waals surface area (Å²) in [6, 6.07) is 13.7. The van der Waals surface area contributed by atoms with Gasteiger partial charge >= 0.3 is 0 Å². The Hall–Kier alpha value is -2.34. The van der Waals surface area contributed by atoms with E-state index < -0.39 is 10.0 Å². The van der Waals surface area contributed by atoms with Gasteiger partial charge in [0.05, 0.1) is 10.6 Å². The highest BCUT2D eigenvalue weighted by Crippen LogP contribution is 2.11. The molecule has 0 bridgehead atoms. The van der Waals surface area contributed by atoms with E-state index >= 15 is 0 Å². The van der Waals surface area contributed by atoms with E-state index in [2.05, 4.69) is 9.93 Å². The molecule has 0 aliphatic heterocycles. The predicted octanol–water partition coefficient (Wildman–Crippen LogP) is 2.28. The van der Waals surface area contributed by atoms with Gasteiger partial charge in [0.15, 0.2) is 0 Å². The van der Waals surface area contributed by atoms with Crippen molar-refractivity contribution in [3.8, 4) is 0 Å². The maximum Gasteiger partial charge on any atom is 0.276 e. The molecule has 0 unspecified atom stereocenters. The number of anilines is 1. The maximum atomic E-state index is 12.1. The van der Waals surface area contributed by atoms with Crippen LogP contribution in [0.4, 0.5) is 5.69 Å². The smallest absolute Gasteiger partial charge is 0.276 e. The van der Waals surface area contributed by atoms with Gasteiger partial charge in [0.2, 0.25) is 0 Å².